The summed E-state index contributed by atoms with van der Waals surface area (Å²) in [5.41, 5.74) is -0.633. The molecule has 2 aliphatic carbocycles. The molecule has 0 atom stereocenters. The number of aromatic nitrogens is 3. The molecule has 144 valence electrons. The topological polar surface area (TPSA) is 118 Å². The molecule has 3 heterocycles. The van der Waals surface area contributed by atoms with Gasteiger partial charge in [-0.1, -0.05) is 11.6 Å². The molecule has 0 bridgehead atoms. The summed E-state index contributed by atoms with van der Waals surface area (Å²) in [6.07, 6.45) is 5.39. The summed E-state index contributed by atoms with van der Waals surface area (Å²) < 4.78 is 1.46. The SMILES string of the molecule is O=C1NC2(CCC2)n2c1c(Cl)cc(Nc1cc(NC(=O)C3CC3)ncn1)c2=O. The van der Waals surface area contributed by atoms with E-state index >= 15 is 0 Å². The number of nitrogens with one attached hydrogen (secondary N) is 3. The fraction of sp³-hybridized carbons (Fsp3) is 0.389. The summed E-state index contributed by atoms with van der Waals surface area (Å²) in [5, 5.41) is 8.77. The van der Waals surface area contributed by atoms with Crippen LogP contribution in [0.3, 0.4) is 0 Å². The summed E-state index contributed by atoms with van der Waals surface area (Å²) in [5.74, 6) is 0.348. The molecule has 1 spiro atoms. The Kier molecular flexibility index (Phi) is 3.70. The number of anilines is 3. The second-order valence-electron chi connectivity index (χ2n) is 7.41. The minimum atomic E-state index is -0.681. The van der Waals surface area contributed by atoms with Crippen molar-refractivity contribution in [3.05, 3.63) is 39.5 Å². The zero-order valence-electron chi connectivity index (χ0n) is 14.8. The Labute approximate surface area is 164 Å². The molecule has 9 nitrogen and oxygen atoms in total. The van der Waals surface area contributed by atoms with E-state index in [1.54, 1.807) is 6.07 Å². The summed E-state index contributed by atoms with van der Waals surface area (Å²) in [4.78, 5) is 45.4. The molecular formula is C18H17ClN6O3. The minimum absolute atomic E-state index is 0.0511. The van der Waals surface area contributed by atoms with Gasteiger partial charge in [0, 0.05) is 12.0 Å². The molecule has 2 aromatic heterocycles. The lowest BCUT2D eigenvalue weighted by Crippen LogP contribution is -2.52. The molecule has 28 heavy (non-hydrogen) atoms. The quantitative estimate of drug-likeness (QED) is 0.722. The maximum absolute atomic E-state index is 13.1. The van der Waals surface area contributed by atoms with Crippen LogP contribution in [0.25, 0.3) is 0 Å². The molecule has 1 aliphatic heterocycles. The largest absolute Gasteiger partial charge is 0.336 e. The van der Waals surface area contributed by atoms with E-state index in [0.717, 1.165) is 19.3 Å². The Balaban J connectivity index is 1.47. The van der Waals surface area contributed by atoms with E-state index in [0.29, 0.717) is 24.5 Å². The molecule has 0 saturated heterocycles. The number of pyridine rings is 1. The van der Waals surface area contributed by atoms with Gasteiger partial charge in [0.1, 0.15) is 35.0 Å². The van der Waals surface area contributed by atoms with E-state index in [4.69, 9.17) is 11.6 Å². The second kappa shape index (κ2) is 6.03. The van der Waals surface area contributed by atoms with Crippen LogP contribution in [0.2, 0.25) is 5.02 Å². The van der Waals surface area contributed by atoms with Crippen molar-refractivity contribution >= 4 is 40.7 Å². The van der Waals surface area contributed by atoms with E-state index in [1.165, 1.54) is 17.0 Å². The van der Waals surface area contributed by atoms with Crippen molar-refractivity contribution < 1.29 is 9.59 Å². The fourth-order valence-electron chi connectivity index (χ4n) is 3.69. The van der Waals surface area contributed by atoms with Crippen LogP contribution in [0.15, 0.2) is 23.3 Å². The molecule has 3 N–H and O–H groups in total. The Hall–Kier alpha value is -2.94. The molecule has 10 heteroatoms. The van der Waals surface area contributed by atoms with Crippen molar-refractivity contribution in [2.45, 2.75) is 37.8 Å². The number of hydrogen-bond donors (Lipinski definition) is 3. The maximum atomic E-state index is 13.1. The number of hydrogen-bond acceptors (Lipinski definition) is 6. The highest BCUT2D eigenvalue weighted by molar-refractivity contribution is 6.34. The van der Waals surface area contributed by atoms with Crippen molar-refractivity contribution in [2.24, 2.45) is 5.92 Å². The average Bonchev–Trinajstić information content (AvgIpc) is 3.42. The molecule has 0 unspecified atom stereocenters. The number of carbonyl (C=O) groups is 2. The molecule has 2 saturated carbocycles. The number of fused-ring (bicyclic) bond motifs is 2. The molecular weight excluding hydrogens is 384 g/mol. The van der Waals surface area contributed by atoms with Crippen molar-refractivity contribution in [2.75, 3.05) is 10.6 Å². The monoisotopic (exact) mass is 400 g/mol. The van der Waals surface area contributed by atoms with Crippen LogP contribution >= 0.6 is 11.6 Å². The van der Waals surface area contributed by atoms with Crippen LogP contribution in [0.4, 0.5) is 17.3 Å². The van der Waals surface area contributed by atoms with Gasteiger partial charge in [0.25, 0.3) is 11.5 Å². The standard InChI is InChI=1S/C18H17ClN6O3/c19-10-6-11(17(28)25-14(10)16(27)24-18(25)4-1-5-18)22-12-7-13(21-8-20-12)23-15(26)9-2-3-9/h6-9H,1-5H2,(H,24,27)(H2,20,21,22,23,26). The molecule has 2 fully saturated rings. The van der Waals surface area contributed by atoms with Gasteiger partial charge >= 0.3 is 0 Å². The van der Waals surface area contributed by atoms with Gasteiger partial charge in [-0.05, 0) is 38.2 Å². The first kappa shape index (κ1) is 17.2. The van der Waals surface area contributed by atoms with Crippen LogP contribution in [0, 0.1) is 5.92 Å². The van der Waals surface area contributed by atoms with Gasteiger partial charge in [0.2, 0.25) is 5.91 Å². The highest BCUT2D eigenvalue weighted by atomic mass is 35.5. The first-order valence-corrected chi connectivity index (χ1v) is 9.53. The second-order valence-corrected chi connectivity index (χ2v) is 7.82. The van der Waals surface area contributed by atoms with Crippen LogP contribution < -0.4 is 21.5 Å². The first-order chi connectivity index (χ1) is 13.5. The molecule has 0 radical (unpaired) electrons. The normalized spacial score (nSPS) is 19.0. The predicted molar refractivity (Wildman–Crippen MR) is 102 cm³/mol. The number of rotatable bonds is 4. The minimum Gasteiger partial charge on any atom is -0.336 e. The van der Waals surface area contributed by atoms with Crippen LogP contribution in [0.5, 0.6) is 0 Å². The van der Waals surface area contributed by atoms with Gasteiger partial charge in [0.05, 0.1) is 5.02 Å². The van der Waals surface area contributed by atoms with Gasteiger partial charge in [0.15, 0.2) is 0 Å². The molecule has 0 aromatic carbocycles. The van der Waals surface area contributed by atoms with Crippen LogP contribution in [0.1, 0.15) is 42.6 Å². The molecule has 5 rings (SSSR count). The van der Waals surface area contributed by atoms with Crippen molar-refractivity contribution in [1.29, 1.82) is 0 Å². The maximum Gasteiger partial charge on any atom is 0.276 e. The fourth-order valence-corrected chi connectivity index (χ4v) is 3.97. The van der Waals surface area contributed by atoms with E-state index in [9.17, 15) is 14.4 Å². The lowest BCUT2D eigenvalue weighted by atomic mass is 9.85. The summed E-state index contributed by atoms with van der Waals surface area (Å²) >= 11 is 6.31. The first-order valence-electron chi connectivity index (χ1n) is 9.15. The van der Waals surface area contributed by atoms with Gasteiger partial charge < -0.3 is 16.0 Å². The zero-order chi connectivity index (χ0) is 19.5. The Bertz CT molecular complexity index is 1070. The molecule has 3 aliphatic rings. The zero-order valence-corrected chi connectivity index (χ0v) is 15.5. The van der Waals surface area contributed by atoms with Crippen LogP contribution in [-0.2, 0) is 10.5 Å². The third kappa shape index (κ3) is 2.65. The highest BCUT2D eigenvalue weighted by Gasteiger charge is 2.49. The number of nitrogens with zero attached hydrogens (tertiary/aromatic N) is 3. The molecule has 2 aromatic rings. The smallest absolute Gasteiger partial charge is 0.276 e. The van der Waals surface area contributed by atoms with E-state index < -0.39 is 5.66 Å². The lowest BCUT2D eigenvalue weighted by Gasteiger charge is -2.39. The highest BCUT2D eigenvalue weighted by Crippen LogP contribution is 2.41. The third-order valence-electron chi connectivity index (χ3n) is 5.45. The summed E-state index contributed by atoms with van der Waals surface area (Å²) in [6.45, 7) is 0. The van der Waals surface area contributed by atoms with Gasteiger partial charge in [-0.2, -0.15) is 0 Å². The summed E-state index contributed by atoms with van der Waals surface area (Å²) in [7, 11) is 0. The Morgan fingerprint density at radius 1 is 1.21 bits per heavy atom. The van der Waals surface area contributed by atoms with E-state index in [1.807, 2.05) is 0 Å². The van der Waals surface area contributed by atoms with Gasteiger partial charge in [-0.15, -0.1) is 0 Å². The Morgan fingerprint density at radius 3 is 2.64 bits per heavy atom. The van der Waals surface area contributed by atoms with E-state index in [2.05, 4.69) is 25.9 Å². The average molecular weight is 401 g/mol. The van der Waals surface area contributed by atoms with Gasteiger partial charge in [-0.3, -0.25) is 19.0 Å². The third-order valence-corrected chi connectivity index (χ3v) is 5.74. The lowest BCUT2D eigenvalue weighted by molar-refractivity contribution is -0.117. The number of halogens is 1. The predicted octanol–water partition coefficient (Wildman–Crippen LogP) is 1.96. The number of carbonyl (C=O) groups excluding carboxylic acids is 2. The van der Waals surface area contributed by atoms with Crippen molar-refractivity contribution in [3.63, 3.8) is 0 Å². The molecule has 2 amide bonds. The van der Waals surface area contributed by atoms with Crippen molar-refractivity contribution in [3.8, 4) is 0 Å². The summed E-state index contributed by atoms with van der Waals surface area (Å²) in [6, 6.07) is 2.98. The number of amides is 2. The Morgan fingerprint density at radius 2 is 1.96 bits per heavy atom. The van der Waals surface area contributed by atoms with E-state index in [-0.39, 0.29) is 39.7 Å². The van der Waals surface area contributed by atoms with Gasteiger partial charge in [-0.25, -0.2) is 9.97 Å². The van der Waals surface area contributed by atoms with Crippen LogP contribution in [-0.4, -0.2) is 26.3 Å². The van der Waals surface area contributed by atoms with Crippen molar-refractivity contribution in [1.82, 2.24) is 19.9 Å².